The highest BCUT2D eigenvalue weighted by molar-refractivity contribution is 5.68. The van der Waals surface area contributed by atoms with Gasteiger partial charge in [-0.2, -0.15) is 0 Å². The standard InChI is InChI=1S/C10H17NO2/c1-2-11-10(6-9(12)13)4-3-7-5-8(7)10/h7-8,11H,2-6H2,1H3,(H,12,13). The molecule has 0 radical (unpaired) electrons. The summed E-state index contributed by atoms with van der Waals surface area (Å²) < 4.78 is 0. The number of hydrogen-bond donors (Lipinski definition) is 2. The molecule has 3 nitrogen and oxygen atoms in total. The van der Waals surface area contributed by atoms with Crippen molar-refractivity contribution in [3.63, 3.8) is 0 Å². The van der Waals surface area contributed by atoms with Crippen molar-refractivity contribution in [2.45, 2.75) is 38.1 Å². The first-order chi connectivity index (χ1) is 6.18. The molecule has 2 rings (SSSR count). The Kier molecular flexibility index (Phi) is 2.06. The second-order valence-electron chi connectivity index (χ2n) is 4.40. The maximum atomic E-state index is 10.8. The van der Waals surface area contributed by atoms with Gasteiger partial charge in [-0.05, 0) is 37.6 Å². The average molecular weight is 183 g/mol. The minimum atomic E-state index is -0.659. The fourth-order valence-electron chi connectivity index (χ4n) is 3.00. The molecule has 0 aromatic rings. The van der Waals surface area contributed by atoms with E-state index >= 15 is 0 Å². The fourth-order valence-corrected chi connectivity index (χ4v) is 3.00. The van der Waals surface area contributed by atoms with E-state index in [1.165, 1.54) is 12.8 Å². The van der Waals surface area contributed by atoms with Crippen LogP contribution in [0.25, 0.3) is 0 Å². The molecule has 74 valence electrons. The summed E-state index contributed by atoms with van der Waals surface area (Å²) in [6.07, 6.45) is 3.84. The van der Waals surface area contributed by atoms with Gasteiger partial charge in [0.2, 0.25) is 0 Å². The Balaban J connectivity index is 2.06. The minimum absolute atomic E-state index is 0.0503. The number of rotatable bonds is 4. The van der Waals surface area contributed by atoms with Gasteiger partial charge in [-0.15, -0.1) is 0 Å². The number of nitrogens with one attached hydrogen (secondary N) is 1. The average Bonchev–Trinajstić information content (AvgIpc) is 2.73. The van der Waals surface area contributed by atoms with Crippen LogP contribution in [0.4, 0.5) is 0 Å². The molecule has 3 atom stereocenters. The lowest BCUT2D eigenvalue weighted by Gasteiger charge is -2.30. The van der Waals surface area contributed by atoms with E-state index in [9.17, 15) is 4.79 Å². The van der Waals surface area contributed by atoms with Crippen LogP contribution in [0.2, 0.25) is 0 Å². The summed E-state index contributed by atoms with van der Waals surface area (Å²) in [6.45, 7) is 2.94. The summed E-state index contributed by atoms with van der Waals surface area (Å²) in [4.78, 5) is 10.8. The van der Waals surface area contributed by atoms with E-state index in [-0.39, 0.29) is 5.54 Å². The van der Waals surface area contributed by atoms with Gasteiger partial charge in [-0.25, -0.2) is 0 Å². The van der Waals surface area contributed by atoms with Gasteiger partial charge in [0.05, 0.1) is 6.42 Å². The van der Waals surface area contributed by atoms with Crippen LogP contribution in [0.3, 0.4) is 0 Å². The lowest BCUT2D eigenvalue weighted by atomic mass is 9.89. The molecular formula is C10H17NO2. The maximum absolute atomic E-state index is 10.8. The second-order valence-corrected chi connectivity index (χ2v) is 4.40. The van der Waals surface area contributed by atoms with Gasteiger partial charge in [0, 0.05) is 5.54 Å². The molecule has 0 saturated heterocycles. The summed E-state index contributed by atoms with van der Waals surface area (Å²) in [6, 6.07) is 0. The normalized spacial score (nSPS) is 41.6. The van der Waals surface area contributed by atoms with E-state index in [0.29, 0.717) is 12.3 Å². The van der Waals surface area contributed by atoms with Crippen molar-refractivity contribution < 1.29 is 9.90 Å². The van der Waals surface area contributed by atoms with Crippen molar-refractivity contribution in [1.82, 2.24) is 5.32 Å². The molecule has 3 heteroatoms. The number of fused-ring (bicyclic) bond motifs is 1. The summed E-state index contributed by atoms with van der Waals surface area (Å²) >= 11 is 0. The molecule has 3 unspecified atom stereocenters. The highest BCUT2D eigenvalue weighted by Gasteiger charge is 2.57. The van der Waals surface area contributed by atoms with Crippen LogP contribution in [0.1, 0.15) is 32.6 Å². The Hall–Kier alpha value is -0.570. The summed E-state index contributed by atoms with van der Waals surface area (Å²) in [7, 11) is 0. The van der Waals surface area contributed by atoms with Crippen LogP contribution in [0.5, 0.6) is 0 Å². The monoisotopic (exact) mass is 183 g/mol. The molecular weight excluding hydrogens is 166 g/mol. The van der Waals surface area contributed by atoms with Gasteiger partial charge in [0.1, 0.15) is 0 Å². The predicted octanol–water partition coefficient (Wildman–Crippen LogP) is 1.24. The molecule has 0 bridgehead atoms. The van der Waals surface area contributed by atoms with Crippen molar-refractivity contribution >= 4 is 5.97 Å². The van der Waals surface area contributed by atoms with Gasteiger partial charge in [-0.1, -0.05) is 6.92 Å². The topological polar surface area (TPSA) is 49.3 Å². The van der Waals surface area contributed by atoms with Crippen molar-refractivity contribution in [2.24, 2.45) is 11.8 Å². The highest BCUT2D eigenvalue weighted by atomic mass is 16.4. The number of carboxylic acid groups (broad SMARTS) is 1. The van der Waals surface area contributed by atoms with Crippen molar-refractivity contribution in [3.8, 4) is 0 Å². The van der Waals surface area contributed by atoms with E-state index in [0.717, 1.165) is 18.9 Å². The van der Waals surface area contributed by atoms with Gasteiger partial charge in [-0.3, -0.25) is 4.79 Å². The van der Waals surface area contributed by atoms with Gasteiger partial charge < -0.3 is 10.4 Å². The quantitative estimate of drug-likeness (QED) is 0.689. The molecule has 0 aliphatic heterocycles. The number of hydrogen-bond acceptors (Lipinski definition) is 2. The first-order valence-corrected chi connectivity index (χ1v) is 5.15. The Morgan fingerprint density at radius 1 is 1.69 bits per heavy atom. The second kappa shape index (κ2) is 2.98. The van der Waals surface area contributed by atoms with E-state index in [2.05, 4.69) is 12.2 Å². The van der Waals surface area contributed by atoms with E-state index in [1.807, 2.05) is 0 Å². The smallest absolute Gasteiger partial charge is 0.305 e. The van der Waals surface area contributed by atoms with E-state index in [1.54, 1.807) is 0 Å². The van der Waals surface area contributed by atoms with Crippen LogP contribution in [-0.4, -0.2) is 23.2 Å². The zero-order chi connectivity index (χ0) is 9.47. The van der Waals surface area contributed by atoms with Crippen LogP contribution >= 0.6 is 0 Å². The summed E-state index contributed by atoms with van der Waals surface area (Å²) in [5, 5.41) is 12.3. The third-order valence-corrected chi connectivity index (χ3v) is 3.59. The maximum Gasteiger partial charge on any atom is 0.305 e. The van der Waals surface area contributed by atoms with E-state index < -0.39 is 5.97 Å². The predicted molar refractivity (Wildman–Crippen MR) is 49.5 cm³/mol. The molecule has 0 aromatic heterocycles. The summed E-state index contributed by atoms with van der Waals surface area (Å²) in [5.41, 5.74) is -0.0503. The Morgan fingerprint density at radius 2 is 2.46 bits per heavy atom. The first-order valence-electron chi connectivity index (χ1n) is 5.15. The van der Waals surface area contributed by atoms with Gasteiger partial charge >= 0.3 is 5.97 Å². The minimum Gasteiger partial charge on any atom is -0.481 e. The molecule has 2 N–H and O–H groups in total. The SMILES string of the molecule is CCNC1(CC(=O)O)CCC2CC21. The van der Waals surface area contributed by atoms with Crippen LogP contribution in [-0.2, 0) is 4.79 Å². The Morgan fingerprint density at radius 3 is 2.85 bits per heavy atom. The molecule has 2 aliphatic carbocycles. The third kappa shape index (κ3) is 1.46. The van der Waals surface area contributed by atoms with Gasteiger partial charge in [0.25, 0.3) is 0 Å². The largest absolute Gasteiger partial charge is 0.481 e. The van der Waals surface area contributed by atoms with Gasteiger partial charge in [0.15, 0.2) is 0 Å². The number of aliphatic carboxylic acids is 1. The fraction of sp³-hybridized carbons (Fsp3) is 0.900. The molecule has 2 aliphatic rings. The van der Waals surface area contributed by atoms with Crippen molar-refractivity contribution in [3.05, 3.63) is 0 Å². The zero-order valence-electron chi connectivity index (χ0n) is 8.05. The molecule has 0 aromatic carbocycles. The van der Waals surface area contributed by atoms with Crippen molar-refractivity contribution in [2.75, 3.05) is 6.54 Å². The lowest BCUT2D eigenvalue weighted by Crippen LogP contribution is -2.47. The third-order valence-electron chi connectivity index (χ3n) is 3.59. The molecule has 0 heterocycles. The summed E-state index contributed by atoms with van der Waals surface area (Å²) in [5.74, 6) is 0.829. The molecule has 2 fully saturated rings. The van der Waals surface area contributed by atoms with Crippen LogP contribution < -0.4 is 5.32 Å². The lowest BCUT2D eigenvalue weighted by molar-refractivity contribution is -0.139. The molecule has 0 amide bonds. The highest BCUT2D eigenvalue weighted by Crippen LogP contribution is 2.58. The van der Waals surface area contributed by atoms with Crippen molar-refractivity contribution in [1.29, 1.82) is 0 Å². The Bertz CT molecular complexity index is 229. The van der Waals surface area contributed by atoms with Crippen LogP contribution in [0, 0.1) is 11.8 Å². The molecule has 0 spiro atoms. The molecule has 13 heavy (non-hydrogen) atoms. The first kappa shape index (κ1) is 9.00. The Labute approximate surface area is 78.5 Å². The molecule has 2 saturated carbocycles. The van der Waals surface area contributed by atoms with E-state index in [4.69, 9.17) is 5.11 Å². The number of carboxylic acids is 1. The zero-order valence-corrected chi connectivity index (χ0v) is 8.05. The van der Waals surface area contributed by atoms with Crippen LogP contribution in [0.15, 0.2) is 0 Å². The number of carbonyl (C=O) groups is 1.